The van der Waals surface area contributed by atoms with E-state index in [0.29, 0.717) is 22.4 Å². The van der Waals surface area contributed by atoms with Crippen molar-refractivity contribution in [3.05, 3.63) is 108 Å². The van der Waals surface area contributed by atoms with Crippen LogP contribution in [0.4, 0.5) is 0 Å². The van der Waals surface area contributed by atoms with Gasteiger partial charge in [0.2, 0.25) is 28.7 Å². The summed E-state index contributed by atoms with van der Waals surface area (Å²) in [6, 6.07) is 24.3. The number of rotatable bonds is 5. The van der Waals surface area contributed by atoms with Crippen LogP contribution in [-0.4, -0.2) is 101 Å². The van der Waals surface area contributed by atoms with Gasteiger partial charge >= 0.3 is 0 Å². The van der Waals surface area contributed by atoms with Gasteiger partial charge in [0.1, 0.15) is 50.8 Å². The SMILES string of the molecule is Cc1c(O)c(-n2c3c(O)cc(-c4c(O)c(O)c5c(c4O)c4c(O)c(O)c(O)c(O)c4n5-c4cccc(-c5ccccc5)c4)c(O)c3c3c(O)c(O)c(O)c(O)c32)c2c(c1C)c1c(O)c(O)c(O)c(C)c1n2-c1ccccc1. The van der Waals surface area contributed by atoms with Crippen molar-refractivity contribution in [1.82, 2.24) is 13.7 Å². The Morgan fingerprint density at radius 1 is 0.273 bits per heavy atom. The number of hydrogen-bond donors (Lipinski definition) is 17. The lowest BCUT2D eigenvalue weighted by atomic mass is 9.95. The number of phenolic OH excluding ortho intramolecular Hbond substituents is 17. The molecule has 0 unspecified atom stereocenters. The maximum absolute atomic E-state index is 12.8. The summed E-state index contributed by atoms with van der Waals surface area (Å²) < 4.78 is 3.47. The molecule has 0 aliphatic heterocycles. The molecule has 0 saturated heterocycles. The molecular formula is C57H41N3O17. The molecule has 17 N–H and O–H groups in total. The number of aryl methyl sites for hydroxylation is 2. The van der Waals surface area contributed by atoms with Crippen molar-refractivity contribution < 1.29 is 86.8 Å². The molecule has 3 heterocycles. The first-order chi connectivity index (χ1) is 36.6. The highest BCUT2D eigenvalue weighted by molar-refractivity contribution is 6.26. The number of benzene rings is 9. The van der Waals surface area contributed by atoms with E-state index in [-0.39, 0.29) is 38.6 Å². The van der Waals surface area contributed by atoms with Gasteiger partial charge < -0.3 is 95.9 Å². The average molecular weight is 1040 g/mol. The van der Waals surface area contributed by atoms with Crippen molar-refractivity contribution in [3.8, 4) is 137 Å². The minimum Gasteiger partial charge on any atom is -0.507 e. The normalized spacial score (nSPS) is 11.9. The maximum atomic E-state index is 12.8. The van der Waals surface area contributed by atoms with E-state index >= 15 is 0 Å². The highest BCUT2D eigenvalue weighted by Gasteiger charge is 2.38. The van der Waals surface area contributed by atoms with Crippen molar-refractivity contribution in [2.45, 2.75) is 20.8 Å². The molecule has 12 rings (SSSR count). The first-order valence-corrected chi connectivity index (χ1v) is 23.3. The molecule has 12 aromatic rings. The summed E-state index contributed by atoms with van der Waals surface area (Å²) >= 11 is 0. The summed E-state index contributed by atoms with van der Waals surface area (Å²) in [5.74, 6) is -18.3. The van der Waals surface area contributed by atoms with Crippen molar-refractivity contribution in [2.24, 2.45) is 0 Å². The highest BCUT2D eigenvalue weighted by Crippen LogP contribution is 2.63. The van der Waals surface area contributed by atoms with Gasteiger partial charge in [-0.1, -0.05) is 60.7 Å². The number of para-hydroxylation sites is 1. The van der Waals surface area contributed by atoms with Crippen molar-refractivity contribution in [1.29, 1.82) is 0 Å². The van der Waals surface area contributed by atoms with Gasteiger partial charge in [-0.3, -0.25) is 4.57 Å². The Morgan fingerprint density at radius 3 is 1.30 bits per heavy atom. The van der Waals surface area contributed by atoms with E-state index in [2.05, 4.69) is 0 Å². The number of nitrogens with zero attached hydrogens (tertiary/aromatic N) is 3. The minimum atomic E-state index is -1.34. The van der Waals surface area contributed by atoms with E-state index in [9.17, 15) is 86.8 Å². The molecule has 0 radical (unpaired) electrons. The molecule has 20 heteroatoms. The fourth-order valence-electron chi connectivity index (χ4n) is 11.1. The van der Waals surface area contributed by atoms with Gasteiger partial charge in [0.25, 0.3) is 0 Å². The van der Waals surface area contributed by atoms with Crippen molar-refractivity contribution >= 4 is 65.4 Å². The molecule has 0 aliphatic rings. The van der Waals surface area contributed by atoms with Crippen molar-refractivity contribution in [2.75, 3.05) is 0 Å². The third kappa shape index (κ3) is 5.79. The zero-order valence-electron chi connectivity index (χ0n) is 40.1. The maximum Gasteiger partial charge on any atom is 0.206 e. The lowest BCUT2D eigenvalue weighted by Crippen LogP contribution is -2.04. The second kappa shape index (κ2) is 15.7. The van der Waals surface area contributed by atoms with E-state index in [1.165, 1.54) is 24.5 Å². The van der Waals surface area contributed by atoms with E-state index in [4.69, 9.17) is 0 Å². The van der Waals surface area contributed by atoms with E-state index in [1.807, 2.05) is 0 Å². The number of aromatic nitrogens is 3. The molecule has 20 nitrogen and oxygen atoms in total. The second-order valence-electron chi connectivity index (χ2n) is 18.7. The van der Waals surface area contributed by atoms with Gasteiger partial charge in [-0.15, -0.1) is 0 Å². The predicted molar refractivity (Wildman–Crippen MR) is 283 cm³/mol. The average Bonchev–Trinajstić information content (AvgIpc) is 3.97. The molecule has 0 atom stereocenters. The van der Waals surface area contributed by atoms with Gasteiger partial charge in [0.15, 0.2) is 46.0 Å². The minimum absolute atomic E-state index is 0.0347. The van der Waals surface area contributed by atoms with Gasteiger partial charge in [-0.2, -0.15) is 0 Å². The third-order valence-corrected chi connectivity index (χ3v) is 14.8. The lowest BCUT2D eigenvalue weighted by molar-refractivity contribution is 0.350. The van der Waals surface area contributed by atoms with Crippen LogP contribution in [0.2, 0.25) is 0 Å². The van der Waals surface area contributed by atoms with Crippen LogP contribution in [-0.2, 0) is 0 Å². The molecule has 0 spiro atoms. The van der Waals surface area contributed by atoms with Crippen LogP contribution >= 0.6 is 0 Å². The Balaban J connectivity index is 1.26. The Kier molecular flexibility index (Phi) is 9.61. The molecule has 3 aromatic heterocycles. The van der Waals surface area contributed by atoms with E-state index in [1.54, 1.807) is 85.8 Å². The summed E-state index contributed by atoms with van der Waals surface area (Å²) in [5, 5.41) is 197. The summed E-state index contributed by atoms with van der Waals surface area (Å²) in [6.07, 6.45) is 0. The number of fused-ring (bicyclic) bond motifs is 9. The monoisotopic (exact) mass is 1040 g/mol. The van der Waals surface area contributed by atoms with Crippen LogP contribution in [0, 0.1) is 20.8 Å². The van der Waals surface area contributed by atoms with Crippen LogP contribution in [0.3, 0.4) is 0 Å². The quantitative estimate of drug-likeness (QED) is 0.0562. The highest BCUT2D eigenvalue weighted by atomic mass is 16.4. The molecule has 0 aliphatic carbocycles. The fraction of sp³-hybridized carbons (Fsp3) is 0.0526. The zero-order valence-corrected chi connectivity index (χ0v) is 40.1. The molecule has 0 bridgehead atoms. The molecule has 0 amide bonds. The number of aromatic hydroxyl groups is 17. The van der Waals surface area contributed by atoms with Crippen LogP contribution in [0.5, 0.6) is 97.7 Å². The van der Waals surface area contributed by atoms with Gasteiger partial charge in [0.05, 0.1) is 43.5 Å². The van der Waals surface area contributed by atoms with E-state index < -0.39 is 158 Å². The smallest absolute Gasteiger partial charge is 0.206 e. The Morgan fingerprint density at radius 2 is 0.714 bits per heavy atom. The predicted octanol–water partition coefficient (Wildman–Crippen LogP) is 10.2. The topological polar surface area (TPSA) is 359 Å². The second-order valence-corrected chi connectivity index (χ2v) is 18.7. The third-order valence-electron chi connectivity index (χ3n) is 14.8. The van der Waals surface area contributed by atoms with Crippen LogP contribution in [0.15, 0.2) is 91.0 Å². The van der Waals surface area contributed by atoms with Gasteiger partial charge in [-0.05, 0) is 73.4 Å². The molecule has 0 saturated carbocycles. The number of phenols is 17. The Bertz CT molecular complexity index is 4670. The fourth-order valence-corrected chi connectivity index (χ4v) is 11.1. The van der Waals surface area contributed by atoms with E-state index in [0.717, 1.165) is 15.2 Å². The van der Waals surface area contributed by atoms with Crippen LogP contribution < -0.4 is 0 Å². The summed E-state index contributed by atoms with van der Waals surface area (Å²) in [4.78, 5) is 0. The first kappa shape index (κ1) is 47.0. The largest absolute Gasteiger partial charge is 0.507 e. The lowest BCUT2D eigenvalue weighted by Gasteiger charge is -2.20. The van der Waals surface area contributed by atoms with Gasteiger partial charge in [0, 0.05) is 27.9 Å². The summed E-state index contributed by atoms with van der Waals surface area (Å²) in [7, 11) is 0. The summed E-state index contributed by atoms with van der Waals surface area (Å²) in [6.45, 7) is 4.50. The molecular weight excluding hydrogens is 999 g/mol. The summed E-state index contributed by atoms with van der Waals surface area (Å²) in [5.41, 5.74) is -2.30. The Hall–Kier alpha value is -11.0. The first-order valence-electron chi connectivity index (χ1n) is 23.3. The zero-order chi connectivity index (χ0) is 54.9. The molecule has 77 heavy (non-hydrogen) atoms. The molecule has 0 fully saturated rings. The Labute approximate surface area is 430 Å². The van der Waals surface area contributed by atoms with Gasteiger partial charge in [-0.25, -0.2) is 0 Å². The van der Waals surface area contributed by atoms with Crippen LogP contribution in [0.1, 0.15) is 16.7 Å². The van der Waals surface area contributed by atoms with Crippen molar-refractivity contribution in [3.63, 3.8) is 0 Å². The molecule has 386 valence electrons. The molecule has 9 aromatic carbocycles. The number of hydrogen-bond acceptors (Lipinski definition) is 17. The standard InChI is InChI=1S/C57H41N3O17/c1-19-20(2)42(62)41(37-28(19)30-35(21(3)43(63)53(73)47(30)67)58(37)24-14-8-5-9-15-24)60-36-27(61)18-26(44(64)31(36)33-40(60)52(72)57(77)54(74)48(33)68)29-45(65)32-34-39(51(71)56(76)55(75)49(34)69)59(38(32)50(70)46(29)66)25-16-10-13-23(17-25)22-11-6-4-7-12-22/h4-18,61-77H,1-3H3. The van der Waals surface area contributed by atoms with Crippen LogP contribution in [0.25, 0.3) is 105 Å².